The third-order valence-corrected chi connectivity index (χ3v) is 2.82. The summed E-state index contributed by atoms with van der Waals surface area (Å²) in [7, 11) is 1.62. The van der Waals surface area contributed by atoms with E-state index < -0.39 is 5.54 Å². The topological polar surface area (TPSA) is 50.7 Å². The average Bonchev–Trinajstić information content (AvgIpc) is 2.37. The lowest BCUT2D eigenvalue weighted by Crippen LogP contribution is -2.50. The van der Waals surface area contributed by atoms with E-state index in [9.17, 15) is 5.11 Å². The molecule has 0 aliphatic rings. The largest absolute Gasteiger partial charge is 0.493 e. The Kier molecular flexibility index (Phi) is 5.44. The van der Waals surface area contributed by atoms with Crippen LogP contribution in [0.5, 0.6) is 11.5 Å². The van der Waals surface area contributed by atoms with Crippen LogP contribution < -0.4 is 14.8 Å². The van der Waals surface area contributed by atoms with Crippen LogP contribution in [0.25, 0.3) is 0 Å². The van der Waals surface area contributed by atoms with E-state index in [4.69, 9.17) is 9.47 Å². The van der Waals surface area contributed by atoms with Crippen molar-refractivity contribution in [1.29, 1.82) is 0 Å². The summed E-state index contributed by atoms with van der Waals surface area (Å²) in [6.45, 7) is 7.12. The van der Waals surface area contributed by atoms with E-state index in [1.807, 2.05) is 39.0 Å². The van der Waals surface area contributed by atoms with Gasteiger partial charge in [0.15, 0.2) is 11.5 Å². The van der Waals surface area contributed by atoms with Crippen molar-refractivity contribution in [3.63, 3.8) is 0 Å². The van der Waals surface area contributed by atoms with Crippen molar-refractivity contribution in [2.75, 3.05) is 26.9 Å². The summed E-state index contributed by atoms with van der Waals surface area (Å²) < 4.78 is 11.0. The van der Waals surface area contributed by atoms with Gasteiger partial charge >= 0.3 is 0 Å². The van der Waals surface area contributed by atoms with Gasteiger partial charge in [0.25, 0.3) is 0 Å². The van der Waals surface area contributed by atoms with Gasteiger partial charge in [-0.3, -0.25) is 0 Å². The van der Waals surface area contributed by atoms with Crippen LogP contribution in [0.15, 0.2) is 18.2 Å². The van der Waals surface area contributed by atoms with Gasteiger partial charge in [-0.1, -0.05) is 13.0 Å². The maximum Gasteiger partial charge on any atom is 0.161 e. The van der Waals surface area contributed by atoms with E-state index in [0.717, 1.165) is 12.1 Å². The highest BCUT2D eigenvalue weighted by Crippen LogP contribution is 2.28. The molecule has 1 unspecified atom stereocenters. The Balaban J connectivity index is 2.73. The highest BCUT2D eigenvalue weighted by Gasteiger charge is 2.23. The van der Waals surface area contributed by atoms with Gasteiger partial charge in [0, 0.05) is 0 Å². The minimum Gasteiger partial charge on any atom is -0.493 e. The lowest BCUT2D eigenvalue weighted by molar-refractivity contribution is 0.115. The maximum absolute atomic E-state index is 9.39. The van der Waals surface area contributed by atoms with Crippen molar-refractivity contribution in [1.82, 2.24) is 5.32 Å². The molecule has 1 atom stereocenters. The first kappa shape index (κ1) is 14.8. The number of methoxy groups -OCH3 is 1. The average molecular weight is 253 g/mol. The van der Waals surface area contributed by atoms with Crippen molar-refractivity contribution in [3.8, 4) is 11.5 Å². The van der Waals surface area contributed by atoms with Gasteiger partial charge in [-0.2, -0.15) is 0 Å². The zero-order chi connectivity index (χ0) is 13.6. The zero-order valence-corrected chi connectivity index (χ0v) is 11.6. The van der Waals surface area contributed by atoms with Gasteiger partial charge in [0.05, 0.1) is 19.3 Å². The molecule has 0 aliphatic carbocycles. The number of aliphatic hydroxyl groups excluding tert-OH is 1. The molecule has 0 saturated carbocycles. The predicted molar refractivity (Wildman–Crippen MR) is 72.4 cm³/mol. The third kappa shape index (κ3) is 3.89. The molecule has 0 saturated heterocycles. The number of aliphatic hydroxyl groups is 1. The summed E-state index contributed by atoms with van der Waals surface area (Å²) in [5.74, 6) is 1.41. The molecule has 1 aromatic rings. The van der Waals surface area contributed by atoms with Crippen molar-refractivity contribution in [2.45, 2.75) is 26.3 Å². The fourth-order valence-corrected chi connectivity index (χ4v) is 1.71. The summed E-state index contributed by atoms with van der Waals surface area (Å²) in [5, 5.41) is 12.6. The molecular formula is C14H23NO3. The number of nitrogens with one attached hydrogen (secondary N) is 1. The Morgan fingerprint density at radius 3 is 2.61 bits per heavy atom. The number of hydrogen-bond acceptors (Lipinski definition) is 4. The molecule has 4 heteroatoms. The van der Waals surface area contributed by atoms with Gasteiger partial charge in [-0.15, -0.1) is 0 Å². The minimum atomic E-state index is -0.440. The molecule has 0 heterocycles. The Labute approximate surface area is 109 Å². The molecule has 0 fully saturated rings. The predicted octanol–water partition coefficient (Wildman–Crippen LogP) is 1.74. The molecule has 4 nitrogen and oxygen atoms in total. The molecule has 2 N–H and O–H groups in total. The number of hydrogen-bond donors (Lipinski definition) is 2. The molecule has 0 aliphatic heterocycles. The Hall–Kier alpha value is -1.26. The lowest BCUT2D eigenvalue weighted by atomic mass is 10.1. The van der Waals surface area contributed by atoms with Crippen molar-refractivity contribution in [2.24, 2.45) is 0 Å². The molecule has 0 aromatic heterocycles. The van der Waals surface area contributed by atoms with E-state index in [-0.39, 0.29) is 6.61 Å². The monoisotopic (exact) mass is 253 g/mol. The summed E-state index contributed by atoms with van der Waals surface area (Å²) in [6, 6.07) is 5.79. The molecule has 0 bridgehead atoms. The molecule has 1 rings (SSSR count). The minimum absolute atomic E-state index is 0.0228. The van der Waals surface area contributed by atoms with E-state index in [0.29, 0.717) is 18.1 Å². The van der Waals surface area contributed by atoms with Crippen LogP contribution in [0.1, 0.15) is 19.4 Å². The molecule has 102 valence electrons. The lowest BCUT2D eigenvalue weighted by Gasteiger charge is -2.28. The van der Waals surface area contributed by atoms with Crippen LogP contribution in [-0.4, -0.2) is 37.5 Å². The molecule has 0 amide bonds. The van der Waals surface area contributed by atoms with E-state index in [1.54, 1.807) is 7.11 Å². The maximum atomic E-state index is 9.39. The first-order valence-corrected chi connectivity index (χ1v) is 6.18. The molecule has 1 aromatic carbocycles. The van der Waals surface area contributed by atoms with E-state index in [1.165, 1.54) is 0 Å². The second-order valence-corrected chi connectivity index (χ2v) is 4.69. The second kappa shape index (κ2) is 6.61. The molecule has 0 radical (unpaired) electrons. The highest BCUT2D eigenvalue weighted by atomic mass is 16.5. The van der Waals surface area contributed by atoms with Crippen LogP contribution in [0, 0.1) is 6.92 Å². The van der Waals surface area contributed by atoms with Crippen LogP contribution in [-0.2, 0) is 0 Å². The van der Waals surface area contributed by atoms with Crippen LogP contribution in [0.4, 0.5) is 0 Å². The normalized spacial score (nSPS) is 14.1. The smallest absolute Gasteiger partial charge is 0.161 e. The van der Waals surface area contributed by atoms with E-state index in [2.05, 4.69) is 5.32 Å². The fraction of sp³-hybridized carbons (Fsp3) is 0.571. The van der Waals surface area contributed by atoms with Crippen molar-refractivity contribution >= 4 is 0 Å². The van der Waals surface area contributed by atoms with Crippen molar-refractivity contribution in [3.05, 3.63) is 23.8 Å². The SMILES string of the molecule is CCNC(C)(CO)COc1ccc(C)cc1OC. The summed E-state index contributed by atoms with van der Waals surface area (Å²) in [5.41, 5.74) is 0.681. The first-order valence-electron chi connectivity index (χ1n) is 6.18. The van der Waals surface area contributed by atoms with Gasteiger partial charge in [-0.05, 0) is 38.1 Å². The second-order valence-electron chi connectivity index (χ2n) is 4.69. The van der Waals surface area contributed by atoms with Gasteiger partial charge < -0.3 is 19.9 Å². The number of benzene rings is 1. The van der Waals surface area contributed by atoms with Gasteiger partial charge in [0.2, 0.25) is 0 Å². The quantitative estimate of drug-likeness (QED) is 0.777. The first-order chi connectivity index (χ1) is 8.54. The number of rotatable bonds is 7. The number of ether oxygens (including phenoxy) is 2. The Morgan fingerprint density at radius 1 is 1.33 bits per heavy atom. The van der Waals surface area contributed by atoms with Crippen molar-refractivity contribution < 1.29 is 14.6 Å². The van der Waals surface area contributed by atoms with Crippen LogP contribution >= 0.6 is 0 Å². The van der Waals surface area contributed by atoms with Gasteiger partial charge in [-0.25, -0.2) is 0 Å². The van der Waals surface area contributed by atoms with Crippen LogP contribution in [0.3, 0.4) is 0 Å². The molecular weight excluding hydrogens is 230 g/mol. The Morgan fingerprint density at radius 2 is 2.06 bits per heavy atom. The summed E-state index contributed by atoms with van der Waals surface area (Å²) in [6.07, 6.45) is 0. The summed E-state index contributed by atoms with van der Waals surface area (Å²) in [4.78, 5) is 0. The van der Waals surface area contributed by atoms with Gasteiger partial charge in [0.1, 0.15) is 6.61 Å². The van der Waals surface area contributed by atoms with E-state index >= 15 is 0 Å². The number of likely N-dealkylation sites (N-methyl/N-ethyl adjacent to an activating group) is 1. The molecule has 18 heavy (non-hydrogen) atoms. The third-order valence-electron chi connectivity index (χ3n) is 2.82. The zero-order valence-electron chi connectivity index (χ0n) is 11.6. The Bertz CT molecular complexity index is 381. The van der Waals surface area contributed by atoms with Crippen LogP contribution in [0.2, 0.25) is 0 Å². The molecule has 0 spiro atoms. The number of aryl methyl sites for hydroxylation is 1. The fourth-order valence-electron chi connectivity index (χ4n) is 1.71. The highest BCUT2D eigenvalue weighted by molar-refractivity contribution is 5.42. The standard InChI is InChI=1S/C14H23NO3/c1-5-15-14(3,9-16)10-18-12-7-6-11(2)8-13(12)17-4/h6-8,15-16H,5,9-10H2,1-4H3. The summed E-state index contributed by atoms with van der Waals surface area (Å²) >= 11 is 0.